The molecule has 0 saturated heterocycles. The highest BCUT2D eigenvalue weighted by atomic mass is 31.2. The smallest absolute Gasteiger partial charge is 0.306 e. The lowest BCUT2D eigenvalue weighted by Crippen LogP contribution is -2.47. The summed E-state index contributed by atoms with van der Waals surface area (Å²) in [5.74, 6) is -0.561. The second-order valence-electron chi connectivity index (χ2n) is 20.8. The predicted octanol–water partition coefficient (Wildman–Crippen LogP) is 17.0. The van der Waals surface area contributed by atoms with E-state index in [9.17, 15) is 19.0 Å². The Morgan fingerprint density at radius 2 is 0.958 bits per heavy atom. The van der Waals surface area contributed by atoms with Crippen LogP contribution in [0.5, 0.6) is 0 Å². The summed E-state index contributed by atoms with van der Waals surface area (Å²) in [7, 11) is 1.17. The molecule has 71 heavy (non-hydrogen) atoms. The first-order chi connectivity index (χ1) is 34.4. The van der Waals surface area contributed by atoms with Gasteiger partial charge in [0.15, 0.2) is 0 Å². The van der Waals surface area contributed by atoms with Crippen LogP contribution in [0.1, 0.15) is 252 Å². The molecule has 1 amide bonds. The zero-order valence-electron chi connectivity index (χ0n) is 46.9. The van der Waals surface area contributed by atoms with Gasteiger partial charge in [-0.05, 0) is 83.1 Å². The molecule has 0 spiro atoms. The second-order valence-corrected chi connectivity index (χ2v) is 22.2. The third kappa shape index (κ3) is 52.1. The van der Waals surface area contributed by atoms with Gasteiger partial charge in [-0.25, -0.2) is 0 Å². The fraction of sp³-hybridized carbons (Fsp3) is 0.770. The molecule has 0 rings (SSSR count). The Labute approximate surface area is 438 Å². The van der Waals surface area contributed by atoms with Gasteiger partial charge in [-0.1, -0.05) is 229 Å². The van der Waals surface area contributed by atoms with Crippen molar-refractivity contribution >= 4 is 19.7 Å². The first-order valence-electron chi connectivity index (χ1n) is 29.3. The molecule has 0 aromatic rings. The molecule has 1 N–H and O–H groups in total. The summed E-state index contributed by atoms with van der Waals surface area (Å²) in [4.78, 5) is 39.9. The molecule has 412 valence electrons. The number of allylic oxidation sites excluding steroid dienone is 11. The van der Waals surface area contributed by atoms with Crippen LogP contribution >= 0.6 is 7.82 Å². The van der Waals surface area contributed by atoms with Gasteiger partial charge in [0.1, 0.15) is 19.3 Å². The summed E-state index contributed by atoms with van der Waals surface area (Å²) in [6.07, 6.45) is 64.3. The lowest BCUT2D eigenvalue weighted by Gasteiger charge is -2.30. The van der Waals surface area contributed by atoms with Gasteiger partial charge in [0, 0.05) is 12.8 Å². The van der Waals surface area contributed by atoms with Crippen LogP contribution in [0.4, 0.5) is 0 Å². The zero-order chi connectivity index (χ0) is 52.2. The van der Waals surface area contributed by atoms with E-state index in [1.807, 2.05) is 33.3 Å². The highest BCUT2D eigenvalue weighted by Crippen LogP contribution is 2.38. The SMILES string of the molecule is CC/C=C/C=C/C=C/CCCCCCCCCC(=O)OC(/C=C\CCCCCCCCCCC)C(COP(=O)([O-])OCC[N+](C)(C)C)NC(=O)CCCCCCCCCCC/C=C\C/C=C\CCCCC. The Morgan fingerprint density at radius 3 is 1.48 bits per heavy atom. The number of hydrogen-bond acceptors (Lipinski definition) is 7. The molecule has 0 aromatic heterocycles. The van der Waals surface area contributed by atoms with Crippen LogP contribution in [-0.2, 0) is 27.9 Å². The van der Waals surface area contributed by atoms with E-state index in [4.69, 9.17) is 13.8 Å². The monoisotopic (exact) mass is 1010 g/mol. The van der Waals surface area contributed by atoms with Crippen LogP contribution in [0.3, 0.4) is 0 Å². The Kier molecular flexibility index (Phi) is 49.1. The van der Waals surface area contributed by atoms with Crippen molar-refractivity contribution in [1.82, 2.24) is 5.32 Å². The van der Waals surface area contributed by atoms with Gasteiger partial charge in [-0.15, -0.1) is 0 Å². The number of quaternary nitrogens is 1. The van der Waals surface area contributed by atoms with Crippen LogP contribution < -0.4 is 10.2 Å². The molecular formula is C61H111N2O7P. The average molecular weight is 1020 g/mol. The van der Waals surface area contributed by atoms with Crippen molar-refractivity contribution in [2.45, 2.75) is 264 Å². The van der Waals surface area contributed by atoms with Crippen molar-refractivity contribution in [3.05, 3.63) is 72.9 Å². The van der Waals surface area contributed by atoms with Crippen molar-refractivity contribution in [2.75, 3.05) is 40.9 Å². The minimum Gasteiger partial charge on any atom is -0.756 e. The van der Waals surface area contributed by atoms with E-state index < -0.39 is 26.6 Å². The maximum absolute atomic E-state index is 13.5. The summed E-state index contributed by atoms with van der Waals surface area (Å²) in [5.41, 5.74) is 0. The summed E-state index contributed by atoms with van der Waals surface area (Å²) < 4.78 is 30.2. The molecule has 3 unspecified atom stereocenters. The van der Waals surface area contributed by atoms with E-state index in [0.29, 0.717) is 23.9 Å². The van der Waals surface area contributed by atoms with E-state index >= 15 is 0 Å². The van der Waals surface area contributed by atoms with Crippen LogP contribution in [0.15, 0.2) is 72.9 Å². The van der Waals surface area contributed by atoms with Crippen molar-refractivity contribution < 1.29 is 37.3 Å². The van der Waals surface area contributed by atoms with Gasteiger partial charge in [0.2, 0.25) is 5.91 Å². The molecule has 0 radical (unpaired) electrons. The van der Waals surface area contributed by atoms with Crippen LogP contribution in [0.25, 0.3) is 0 Å². The fourth-order valence-corrected chi connectivity index (χ4v) is 8.86. The molecule has 0 fully saturated rings. The third-order valence-electron chi connectivity index (χ3n) is 12.7. The summed E-state index contributed by atoms with van der Waals surface area (Å²) in [5, 5.41) is 3.02. The van der Waals surface area contributed by atoms with Crippen LogP contribution in [0.2, 0.25) is 0 Å². The lowest BCUT2D eigenvalue weighted by atomic mass is 10.0. The van der Waals surface area contributed by atoms with Crippen LogP contribution in [0, 0.1) is 0 Å². The number of nitrogens with zero attached hydrogens (tertiary/aromatic N) is 1. The van der Waals surface area contributed by atoms with Gasteiger partial charge in [-0.2, -0.15) is 0 Å². The molecule has 9 nitrogen and oxygen atoms in total. The van der Waals surface area contributed by atoms with E-state index in [1.165, 1.54) is 122 Å². The first kappa shape index (κ1) is 68.5. The lowest BCUT2D eigenvalue weighted by molar-refractivity contribution is -0.870. The number of unbranched alkanes of at least 4 members (excludes halogenated alkanes) is 28. The first-order valence-corrected chi connectivity index (χ1v) is 30.7. The molecule has 3 atom stereocenters. The Balaban J connectivity index is 5.29. The number of likely N-dealkylation sites (N-methyl/N-ethyl adjacent to an activating group) is 1. The van der Waals surface area contributed by atoms with Gasteiger partial charge >= 0.3 is 5.97 Å². The molecule has 0 aromatic carbocycles. The summed E-state index contributed by atoms with van der Waals surface area (Å²) >= 11 is 0. The average Bonchev–Trinajstić information content (AvgIpc) is 3.33. The largest absolute Gasteiger partial charge is 0.756 e. The van der Waals surface area contributed by atoms with Crippen molar-refractivity contribution in [3.63, 3.8) is 0 Å². The number of ether oxygens (including phenoxy) is 1. The van der Waals surface area contributed by atoms with Gasteiger partial charge < -0.3 is 28.5 Å². The number of carbonyl (C=O) groups excluding carboxylic acids is 2. The summed E-state index contributed by atoms with van der Waals surface area (Å²) in [6, 6.07) is -0.897. The highest BCUT2D eigenvalue weighted by molar-refractivity contribution is 7.45. The zero-order valence-corrected chi connectivity index (χ0v) is 47.8. The van der Waals surface area contributed by atoms with Crippen molar-refractivity contribution in [1.29, 1.82) is 0 Å². The van der Waals surface area contributed by atoms with E-state index in [0.717, 1.165) is 89.9 Å². The number of phosphoric acid groups is 1. The standard InChI is InChI=1S/C61H111N2O7P/c1-7-10-13-16-19-22-25-27-29-30-31-32-34-35-38-41-44-47-50-53-60(64)62-58(57-69-71(66,67)68-56-55-63(4,5)6)59(52-49-46-43-40-37-24-21-18-15-12-9-3)70-61(65)54-51-48-45-42-39-36-33-28-26-23-20-17-14-11-8-2/h11,14,17,19-20,22-23,26-27,29,49,52,58-59H,7-10,12-13,15-16,18,21,24-25,28,30-48,50-51,53-57H2,1-6H3,(H-,62,64,66,67)/b14-11+,20-17+,22-19-,26-23+,29-27-,52-49-. The number of nitrogens with one attached hydrogen (secondary N) is 1. The molecule has 0 bridgehead atoms. The van der Waals surface area contributed by atoms with E-state index in [1.54, 1.807) is 0 Å². The normalized spacial score (nSPS) is 14.3. The number of rotatable bonds is 52. The quantitative estimate of drug-likeness (QED) is 0.0161. The Hall–Kier alpha value is -2.55. The fourth-order valence-electron chi connectivity index (χ4n) is 8.14. The minimum atomic E-state index is -4.70. The summed E-state index contributed by atoms with van der Waals surface area (Å²) in [6.45, 7) is 6.67. The van der Waals surface area contributed by atoms with E-state index in [2.05, 4.69) is 86.8 Å². The molecule has 0 aliphatic heterocycles. The molecule has 0 aliphatic rings. The molecular weight excluding hydrogens is 904 g/mol. The third-order valence-corrected chi connectivity index (χ3v) is 13.6. The number of carbonyl (C=O) groups is 2. The highest BCUT2D eigenvalue weighted by Gasteiger charge is 2.27. The Morgan fingerprint density at radius 1 is 0.521 bits per heavy atom. The molecule has 10 heteroatoms. The van der Waals surface area contributed by atoms with Gasteiger partial charge in [0.05, 0.1) is 33.8 Å². The maximum atomic E-state index is 13.5. The van der Waals surface area contributed by atoms with Crippen molar-refractivity contribution in [2.24, 2.45) is 0 Å². The molecule has 0 saturated carbocycles. The van der Waals surface area contributed by atoms with Crippen molar-refractivity contribution in [3.8, 4) is 0 Å². The predicted molar refractivity (Wildman–Crippen MR) is 302 cm³/mol. The minimum absolute atomic E-state index is 0.0277. The number of esters is 1. The second kappa shape index (κ2) is 51.0. The number of amides is 1. The van der Waals surface area contributed by atoms with Gasteiger partial charge in [-0.3, -0.25) is 14.2 Å². The number of hydrogen-bond donors (Lipinski definition) is 1. The van der Waals surface area contributed by atoms with E-state index in [-0.39, 0.29) is 24.9 Å². The Bertz CT molecular complexity index is 1450. The molecule has 0 aliphatic carbocycles. The van der Waals surface area contributed by atoms with Crippen LogP contribution in [-0.4, -0.2) is 69.4 Å². The topological polar surface area (TPSA) is 114 Å². The number of phosphoric ester groups is 1. The molecule has 0 heterocycles. The van der Waals surface area contributed by atoms with Gasteiger partial charge in [0.25, 0.3) is 7.82 Å². The maximum Gasteiger partial charge on any atom is 0.306 e.